The predicted molar refractivity (Wildman–Crippen MR) is 60.0 cm³/mol. The fraction of sp³-hybridized carbons (Fsp3) is 0.0909. The molecular formula is C11H4ClF3N4. The highest BCUT2D eigenvalue weighted by molar-refractivity contribution is 6.31. The van der Waals surface area contributed by atoms with Crippen molar-refractivity contribution in [2.24, 2.45) is 0 Å². The fourth-order valence-electron chi connectivity index (χ4n) is 1.33. The van der Waals surface area contributed by atoms with Crippen LogP contribution in [-0.2, 0) is 6.18 Å². The molecule has 2 rings (SSSR count). The highest BCUT2D eigenvalue weighted by Crippen LogP contribution is 2.33. The maximum absolute atomic E-state index is 12.6. The van der Waals surface area contributed by atoms with E-state index < -0.39 is 16.9 Å². The Balaban J connectivity index is 2.55. The van der Waals surface area contributed by atoms with Crippen LogP contribution in [0, 0.1) is 11.3 Å². The molecule has 2 aromatic rings. The van der Waals surface area contributed by atoms with Crippen LogP contribution in [0.3, 0.4) is 0 Å². The third kappa shape index (κ3) is 2.80. The van der Waals surface area contributed by atoms with E-state index in [9.17, 15) is 13.2 Å². The zero-order valence-corrected chi connectivity index (χ0v) is 9.87. The van der Waals surface area contributed by atoms with Gasteiger partial charge in [0.15, 0.2) is 11.5 Å². The summed E-state index contributed by atoms with van der Waals surface area (Å²) < 4.78 is 37.9. The highest BCUT2D eigenvalue weighted by atomic mass is 35.5. The Morgan fingerprint density at radius 1 is 1.21 bits per heavy atom. The number of halogens is 4. The lowest BCUT2D eigenvalue weighted by atomic mass is 10.2. The molecule has 0 radical (unpaired) electrons. The largest absolute Gasteiger partial charge is 0.434 e. The van der Waals surface area contributed by atoms with Crippen LogP contribution >= 0.6 is 11.6 Å². The van der Waals surface area contributed by atoms with Crippen molar-refractivity contribution in [3.05, 3.63) is 40.9 Å². The predicted octanol–water partition coefficient (Wildman–Crippen LogP) is 3.08. The Kier molecular flexibility index (Phi) is 3.36. The second-order valence-corrected chi connectivity index (χ2v) is 3.87. The van der Waals surface area contributed by atoms with Gasteiger partial charge in [-0.2, -0.15) is 18.4 Å². The summed E-state index contributed by atoms with van der Waals surface area (Å²) in [5.74, 6) is -0.193. The first kappa shape index (κ1) is 13.2. The van der Waals surface area contributed by atoms with Crippen molar-refractivity contribution in [1.29, 1.82) is 5.26 Å². The van der Waals surface area contributed by atoms with Crippen LogP contribution in [-0.4, -0.2) is 15.0 Å². The van der Waals surface area contributed by atoms with Crippen molar-refractivity contribution in [3.8, 4) is 17.5 Å². The van der Waals surface area contributed by atoms with Crippen molar-refractivity contribution in [1.82, 2.24) is 15.0 Å². The van der Waals surface area contributed by atoms with Gasteiger partial charge in [0.1, 0.15) is 6.07 Å². The number of nitrogens with zero attached hydrogens (tertiary/aromatic N) is 4. The fourth-order valence-corrected chi connectivity index (χ4v) is 1.53. The molecule has 0 atom stereocenters. The van der Waals surface area contributed by atoms with E-state index in [1.54, 1.807) is 0 Å². The second-order valence-electron chi connectivity index (χ2n) is 3.46. The van der Waals surface area contributed by atoms with Gasteiger partial charge in [-0.05, 0) is 6.07 Å². The standard InChI is InChI=1S/C11H4ClF3N4/c12-8-5-18-10(19-9(8)11(13,14)15)7-1-6(2-16)3-17-4-7/h1,3-5H. The van der Waals surface area contributed by atoms with Crippen molar-refractivity contribution in [2.75, 3.05) is 0 Å². The minimum absolute atomic E-state index is 0.193. The number of hydrogen-bond acceptors (Lipinski definition) is 4. The molecule has 8 heteroatoms. The van der Waals surface area contributed by atoms with Crippen LogP contribution in [0.25, 0.3) is 11.4 Å². The summed E-state index contributed by atoms with van der Waals surface area (Å²) >= 11 is 5.41. The smallest absolute Gasteiger partial charge is 0.263 e. The molecule has 0 aliphatic heterocycles. The lowest BCUT2D eigenvalue weighted by Gasteiger charge is -2.08. The average Bonchev–Trinajstić information content (AvgIpc) is 2.38. The van der Waals surface area contributed by atoms with Crippen LogP contribution in [0.4, 0.5) is 13.2 Å². The minimum Gasteiger partial charge on any atom is -0.263 e. The van der Waals surface area contributed by atoms with E-state index >= 15 is 0 Å². The molecule has 0 saturated carbocycles. The van der Waals surface area contributed by atoms with Gasteiger partial charge in [0, 0.05) is 18.0 Å². The number of nitriles is 1. The molecule has 0 spiro atoms. The Morgan fingerprint density at radius 3 is 2.58 bits per heavy atom. The molecule has 96 valence electrons. The molecule has 0 bridgehead atoms. The summed E-state index contributed by atoms with van der Waals surface area (Å²) in [6.45, 7) is 0. The second kappa shape index (κ2) is 4.82. The summed E-state index contributed by atoms with van der Waals surface area (Å²) in [7, 11) is 0. The van der Waals surface area contributed by atoms with Crippen molar-refractivity contribution < 1.29 is 13.2 Å². The Labute approximate surface area is 110 Å². The third-order valence-corrected chi connectivity index (χ3v) is 2.41. The van der Waals surface area contributed by atoms with Crippen molar-refractivity contribution >= 4 is 11.6 Å². The minimum atomic E-state index is -4.67. The van der Waals surface area contributed by atoms with Gasteiger partial charge < -0.3 is 0 Å². The highest BCUT2D eigenvalue weighted by Gasteiger charge is 2.36. The molecule has 0 amide bonds. The summed E-state index contributed by atoms with van der Waals surface area (Å²) in [5.41, 5.74) is -0.813. The van der Waals surface area contributed by atoms with Gasteiger partial charge in [0.2, 0.25) is 0 Å². The molecule has 2 heterocycles. The van der Waals surface area contributed by atoms with Gasteiger partial charge in [-0.25, -0.2) is 9.97 Å². The van der Waals surface area contributed by atoms with Gasteiger partial charge in [0.25, 0.3) is 0 Å². The van der Waals surface area contributed by atoms with Gasteiger partial charge in [-0.1, -0.05) is 11.6 Å². The van der Waals surface area contributed by atoms with Crippen LogP contribution in [0.2, 0.25) is 5.02 Å². The maximum Gasteiger partial charge on any atom is 0.434 e. The van der Waals surface area contributed by atoms with Crippen LogP contribution in [0.1, 0.15) is 11.3 Å². The van der Waals surface area contributed by atoms with Crippen LogP contribution < -0.4 is 0 Å². The van der Waals surface area contributed by atoms with Gasteiger partial charge in [0.05, 0.1) is 16.8 Å². The molecule has 2 aromatic heterocycles. The topological polar surface area (TPSA) is 62.5 Å². The lowest BCUT2D eigenvalue weighted by molar-refractivity contribution is -0.141. The average molecular weight is 285 g/mol. The van der Waals surface area contributed by atoms with Crippen LogP contribution in [0.15, 0.2) is 24.7 Å². The van der Waals surface area contributed by atoms with E-state index in [0.717, 1.165) is 6.20 Å². The van der Waals surface area contributed by atoms with E-state index in [1.165, 1.54) is 18.5 Å². The van der Waals surface area contributed by atoms with Gasteiger partial charge in [-0.15, -0.1) is 0 Å². The SMILES string of the molecule is N#Cc1cncc(-c2ncc(Cl)c(C(F)(F)F)n2)c1. The molecule has 0 aliphatic carbocycles. The van der Waals surface area contributed by atoms with Crippen molar-refractivity contribution in [3.63, 3.8) is 0 Å². The van der Waals surface area contributed by atoms with E-state index in [0.29, 0.717) is 0 Å². The summed E-state index contributed by atoms with van der Waals surface area (Å²) in [6, 6.07) is 3.17. The lowest BCUT2D eigenvalue weighted by Crippen LogP contribution is -2.10. The first-order chi connectivity index (χ1) is 8.91. The molecule has 0 aliphatic rings. The van der Waals surface area contributed by atoms with E-state index in [-0.39, 0.29) is 17.0 Å². The van der Waals surface area contributed by atoms with E-state index in [2.05, 4.69) is 15.0 Å². The zero-order valence-electron chi connectivity index (χ0n) is 9.11. The number of hydrogen-bond donors (Lipinski definition) is 0. The van der Waals surface area contributed by atoms with E-state index in [1.807, 2.05) is 6.07 Å². The monoisotopic (exact) mass is 284 g/mol. The number of rotatable bonds is 1. The number of alkyl halides is 3. The maximum atomic E-state index is 12.6. The molecule has 0 saturated heterocycles. The normalized spacial score (nSPS) is 11.1. The number of aromatic nitrogens is 3. The number of pyridine rings is 1. The quantitative estimate of drug-likeness (QED) is 0.807. The molecule has 0 fully saturated rings. The Morgan fingerprint density at radius 2 is 1.95 bits per heavy atom. The zero-order chi connectivity index (χ0) is 14.0. The molecule has 0 N–H and O–H groups in total. The molecule has 0 aromatic carbocycles. The van der Waals surface area contributed by atoms with Gasteiger partial charge in [-0.3, -0.25) is 4.98 Å². The summed E-state index contributed by atoms with van der Waals surface area (Å²) in [6.07, 6.45) is -1.25. The summed E-state index contributed by atoms with van der Waals surface area (Å²) in [5, 5.41) is 8.12. The van der Waals surface area contributed by atoms with Gasteiger partial charge >= 0.3 is 6.18 Å². The first-order valence-corrected chi connectivity index (χ1v) is 5.25. The first-order valence-electron chi connectivity index (χ1n) is 4.87. The van der Waals surface area contributed by atoms with Crippen molar-refractivity contribution in [2.45, 2.75) is 6.18 Å². The molecule has 4 nitrogen and oxygen atoms in total. The molecule has 0 unspecified atom stereocenters. The Bertz CT molecular complexity index is 664. The molecular weight excluding hydrogens is 281 g/mol. The Hall–Kier alpha value is -2.20. The third-order valence-electron chi connectivity index (χ3n) is 2.14. The molecule has 19 heavy (non-hydrogen) atoms. The van der Waals surface area contributed by atoms with E-state index in [4.69, 9.17) is 16.9 Å². The summed E-state index contributed by atoms with van der Waals surface area (Å²) in [4.78, 5) is 10.8. The van der Waals surface area contributed by atoms with Crippen LogP contribution in [0.5, 0.6) is 0 Å².